The van der Waals surface area contributed by atoms with Gasteiger partial charge in [0.05, 0.1) is 0 Å². The van der Waals surface area contributed by atoms with Crippen molar-refractivity contribution >= 4 is 18.0 Å². The Morgan fingerprint density at radius 1 is 1.10 bits per heavy atom. The van der Waals surface area contributed by atoms with Crippen LogP contribution in [0.25, 0.3) is 0 Å². The van der Waals surface area contributed by atoms with Gasteiger partial charge in [-0.2, -0.15) is 0 Å². The number of nitrogens with two attached hydrogens (primary N) is 2. The van der Waals surface area contributed by atoms with E-state index in [9.17, 15) is 9.59 Å². The van der Waals surface area contributed by atoms with E-state index in [2.05, 4.69) is 11.5 Å². The van der Waals surface area contributed by atoms with Crippen LogP contribution in [0.15, 0.2) is 0 Å². The van der Waals surface area contributed by atoms with E-state index in [0.717, 1.165) is 0 Å². The summed E-state index contributed by atoms with van der Waals surface area (Å²) in [7, 11) is 0. The molecule has 0 aromatic heterocycles. The van der Waals surface area contributed by atoms with Crippen LogP contribution in [0.3, 0.4) is 0 Å². The summed E-state index contributed by atoms with van der Waals surface area (Å²) < 4.78 is 0. The SMILES string of the molecule is N=C(NC(N)=O)NC(N)=O. The van der Waals surface area contributed by atoms with Crippen LogP contribution in [0.2, 0.25) is 0 Å². The number of urea groups is 2. The summed E-state index contributed by atoms with van der Waals surface area (Å²) in [5, 5.41) is 10.3. The molecule has 0 heterocycles. The molecule has 0 rings (SSSR count). The Bertz CT molecular complexity index is 158. The summed E-state index contributed by atoms with van der Waals surface area (Å²) >= 11 is 0. The van der Waals surface area contributed by atoms with Crippen LogP contribution >= 0.6 is 0 Å². The molecule has 0 aromatic carbocycles. The molecule has 0 atom stereocenters. The molecule has 0 aliphatic heterocycles. The molecular formula is C3H7N5O2. The molecule has 0 fully saturated rings. The standard InChI is InChI=1S/C3H7N5O2/c4-1(7-2(5)9)8-3(6)10/h(H7,4,5,6,7,8,9,10). The van der Waals surface area contributed by atoms with Gasteiger partial charge in [0.25, 0.3) is 0 Å². The lowest BCUT2D eigenvalue weighted by Gasteiger charge is -2.01. The smallest absolute Gasteiger partial charge is 0.318 e. The minimum absolute atomic E-state index is 0.542. The number of guanidine groups is 1. The molecule has 7 N–H and O–H groups in total. The lowest BCUT2D eigenvalue weighted by Crippen LogP contribution is -2.47. The van der Waals surface area contributed by atoms with Gasteiger partial charge in [-0.3, -0.25) is 16.0 Å². The van der Waals surface area contributed by atoms with Gasteiger partial charge in [0.1, 0.15) is 0 Å². The first-order valence-corrected chi connectivity index (χ1v) is 2.24. The van der Waals surface area contributed by atoms with Crippen molar-refractivity contribution in [1.82, 2.24) is 10.6 Å². The highest BCUT2D eigenvalue weighted by Crippen LogP contribution is 1.59. The van der Waals surface area contributed by atoms with Crippen LogP contribution in [-0.2, 0) is 0 Å². The predicted molar refractivity (Wildman–Crippen MR) is 33.2 cm³/mol. The average Bonchev–Trinajstić information content (AvgIpc) is 1.58. The molecule has 0 aliphatic rings. The monoisotopic (exact) mass is 145 g/mol. The van der Waals surface area contributed by atoms with E-state index in [1.807, 2.05) is 0 Å². The quantitative estimate of drug-likeness (QED) is 0.204. The van der Waals surface area contributed by atoms with E-state index >= 15 is 0 Å². The second-order valence-corrected chi connectivity index (χ2v) is 1.35. The molecule has 0 saturated heterocycles. The topological polar surface area (TPSA) is 134 Å². The highest BCUT2D eigenvalue weighted by molar-refractivity contribution is 6.01. The van der Waals surface area contributed by atoms with E-state index < -0.39 is 18.0 Å². The summed E-state index contributed by atoms with van der Waals surface area (Å²) in [5.41, 5.74) is 9.17. The van der Waals surface area contributed by atoms with Gasteiger partial charge >= 0.3 is 12.1 Å². The molecule has 0 saturated carbocycles. The zero-order valence-electron chi connectivity index (χ0n) is 4.97. The summed E-state index contributed by atoms with van der Waals surface area (Å²) in [6, 6.07) is -1.86. The minimum atomic E-state index is -0.932. The number of hydrogen-bond acceptors (Lipinski definition) is 3. The molecule has 0 aliphatic carbocycles. The van der Waals surface area contributed by atoms with E-state index in [4.69, 9.17) is 5.41 Å². The van der Waals surface area contributed by atoms with Gasteiger partial charge in [0.15, 0.2) is 0 Å². The maximum absolute atomic E-state index is 9.97. The fourth-order valence-electron chi connectivity index (χ4n) is 0.278. The first-order valence-electron chi connectivity index (χ1n) is 2.24. The minimum Gasteiger partial charge on any atom is -0.351 e. The highest BCUT2D eigenvalue weighted by atomic mass is 16.2. The molecule has 0 aromatic rings. The third-order valence-electron chi connectivity index (χ3n) is 0.496. The van der Waals surface area contributed by atoms with Crippen molar-refractivity contribution < 1.29 is 9.59 Å². The van der Waals surface area contributed by atoms with Gasteiger partial charge < -0.3 is 11.5 Å². The molecule has 0 radical (unpaired) electrons. The third-order valence-corrected chi connectivity index (χ3v) is 0.496. The van der Waals surface area contributed by atoms with E-state index in [-0.39, 0.29) is 0 Å². The predicted octanol–water partition coefficient (Wildman–Crippen LogP) is -1.74. The van der Waals surface area contributed by atoms with Crippen molar-refractivity contribution in [2.24, 2.45) is 11.5 Å². The molecule has 56 valence electrons. The number of nitrogens with one attached hydrogen (secondary N) is 3. The Labute approximate surface area is 56.3 Å². The Hall–Kier alpha value is -1.79. The fourth-order valence-corrected chi connectivity index (χ4v) is 0.278. The second kappa shape index (κ2) is 3.28. The maximum Gasteiger partial charge on any atom is 0.318 e. The van der Waals surface area contributed by atoms with Gasteiger partial charge in [-0.15, -0.1) is 0 Å². The van der Waals surface area contributed by atoms with Crippen molar-refractivity contribution in [3.8, 4) is 0 Å². The van der Waals surface area contributed by atoms with Crippen LogP contribution < -0.4 is 22.1 Å². The van der Waals surface area contributed by atoms with Crippen molar-refractivity contribution in [3.05, 3.63) is 0 Å². The maximum atomic E-state index is 9.97. The van der Waals surface area contributed by atoms with Gasteiger partial charge in [-0.25, -0.2) is 9.59 Å². The normalized spacial score (nSPS) is 8.00. The zero-order valence-corrected chi connectivity index (χ0v) is 4.97. The van der Waals surface area contributed by atoms with Crippen molar-refractivity contribution in [3.63, 3.8) is 0 Å². The molecule has 0 unspecified atom stereocenters. The molecular weight excluding hydrogens is 138 g/mol. The van der Waals surface area contributed by atoms with Crippen LogP contribution in [0, 0.1) is 5.41 Å². The van der Waals surface area contributed by atoms with E-state index in [1.54, 1.807) is 10.6 Å². The van der Waals surface area contributed by atoms with Crippen molar-refractivity contribution in [1.29, 1.82) is 5.41 Å². The van der Waals surface area contributed by atoms with Crippen LogP contribution in [0.5, 0.6) is 0 Å². The number of amides is 4. The van der Waals surface area contributed by atoms with E-state index in [0.29, 0.717) is 0 Å². The third kappa shape index (κ3) is 4.37. The number of carbonyl (C=O) groups excluding carboxylic acids is 2. The first-order chi connectivity index (χ1) is 4.52. The molecule has 10 heavy (non-hydrogen) atoms. The summed E-state index contributed by atoms with van der Waals surface area (Å²) in [6.45, 7) is 0. The second-order valence-electron chi connectivity index (χ2n) is 1.35. The molecule has 0 bridgehead atoms. The molecule has 4 amide bonds. The Balaban J connectivity index is 3.65. The number of rotatable bonds is 0. The Morgan fingerprint density at radius 3 is 1.60 bits per heavy atom. The van der Waals surface area contributed by atoms with Crippen molar-refractivity contribution in [2.45, 2.75) is 0 Å². The largest absolute Gasteiger partial charge is 0.351 e. The van der Waals surface area contributed by atoms with Crippen molar-refractivity contribution in [2.75, 3.05) is 0 Å². The van der Waals surface area contributed by atoms with Crippen LogP contribution in [-0.4, -0.2) is 18.0 Å². The summed E-state index contributed by atoms with van der Waals surface area (Å²) in [4.78, 5) is 19.9. The van der Waals surface area contributed by atoms with Gasteiger partial charge in [-0.05, 0) is 0 Å². The first kappa shape index (κ1) is 8.21. The van der Waals surface area contributed by atoms with Gasteiger partial charge in [-0.1, -0.05) is 0 Å². The van der Waals surface area contributed by atoms with Gasteiger partial charge in [0, 0.05) is 0 Å². The van der Waals surface area contributed by atoms with E-state index in [1.165, 1.54) is 0 Å². The lowest BCUT2D eigenvalue weighted by atomic mass is 10.8. The van der Waals surface area contributed by atoms with Crippen LogP contribution in [0.1, 0.15) is 0 Å². The number of hydrogen-bond donors (Lipinski definition) is 5. The lowest BCUT2D eigenvalue weighted by molar-refractivity contribution is 0.251. The molecule has 7 heteroatoms. The fraction of sp³-hybridized carbons (Fsp3) is 0. The summed E-state index contributed by atoms with van der Waals surface area (Å²) in [6.07, 6.45) is 0. The number of carbonyl (C=O) groups is 2. The Kier molecular flexibility index (Phi) is 2.69. The Morgan fingerprint density at radius 2 is 1.40 bits per heavy atom. The molecule has 0 spiro atoms. The number of primary amides is 2. The van der Waals surface area contributed by atoms with Gasteiger partial charge in [0.2, 0.25) is 5.96 Å². The average molecular weight is 145 g/mol. The zero-order chi connectivity index (χ0) is 8.15. The molecule has 7 nitrogen and oxygen atoms in total. The summed E-state index contributed by atoms with van der Waals surface area (Å²) in [5.74, 6) is -0.542. The van der Waals surface area contributed by atoms with Crippen LogP contribution in [0.4, 0.5) is 9.59 Å². The highest BCUT2D eigenvalue weighted by Gasteiger charge is 1.99.